The van der Waals surface area contributed by atoms with Gasteiger partial charge < -0.3 is 11.1 Å². The van der Waals surface area contributed by atoms with Gasteiger partial charge in [-0.05, 0) is 56.1 Å². The Morgan fingerprint density at radius 1 is 1.14 bits per heavy atom. The van der Waals surface area contributed by atoms with Crippen molar-refractivity contribution in [1.82, 2.24) is 20.0 Å². The topological polar surface area (TPSA) is 47.8 Å². The van der Waals surface area contributed by atoms with Crippen molar-refractivity contribution < 1.29 is 13.2 Å². The van der Waals surface area contributed by atoms with E-state index in [0.717, 1.165) is 50.3 Å². The second-order valence-electron chi connectivity index (χ2n) is 8.74. The van der Waals surface area contributed by atoms with Gasteiger partial charge in [-0.2, -0.15) is 13.2 Å². The lowest BCUT2D eigenvalue weighted by Crippen LogP contribution is -2.72. The summed E-state index contributed by atoms with van der Waals surface area (Å²) < 4.78 is 39.2. The largest absolute Gasteiger partial charge is 0.416 e. The molecule has 1 aromatic carbocycles. The molecule has 0 aromatic heterocycles. The molecule has 1 aromatic rings. The number of nitrogens with one attached hydrogen (secondary N) is 1. The van der Waals surface area contributed by atoms with E-state index in [9.17, 15) is 13.2 Å². The summed E-state index contributed by atoms with van der Waals surface area (Å²) in [6, 6.07) is 5.68. The number of fused-ring (bicyclic) bond motifs is 4. The molecule has 28 heavy (non-hydrogen) atoms. The highest BCUT2D eigenvalue weighted by atomic mass is 19.4. The Kier molecular flexibility index (Phi) is 4.48. The predicted molar refractivity (Wildman–Crippen MR) is 101 cm³/mol. The molecule has 3 saturated heterocycles. The van der Waals surface area contributed by atoms with Crippen LogP contribution >= 0.6 is 0 Å². The highest BCUT2D eigenvalue weighted by molar-refractivity contribution is 5.39. The molecule has 0 radical (unpaired) electrons. The van der Waals surface area contributed by atoms with Crippen LogP contribution in [0.4, 0.5) is 13.2 Å². The van der Waals surface area contributed by atoms with Crippen molar-refractivity contribution in [1.29, 1.82) is 0 Å². The van der Waals surface area contributed by atoms with Crippen LogP contribution < -0.4 is 11.1 Å². The molecular weight excluding hydrogens is 367 g/mol. The number of benzene rings is 1. The zero-order valence-corrected chi connectivity index (χ0v) is 16.1. The second-order valence-corrected chi connectivity index (χ2v) is 8.74. The van der Waals surface area contributed by atoms with Crippen molar-refractivity contribution in [3.05, 3.63) is 34.9 Å². The molecule has 1 aliphatic carbocycles. The quantitative estimate of drug-likeness (QED) is 0.757. The number of alkyl halides is 3. The van der Waals surface area contributed by atoms with E-state index in [4.69, 9.17) is 5.73 Å². The fourth-order valence-corrected chi connectivity index (χ4v) is 5.87. The van der Waals surface area contributed by atoms with E-state index in [-0.39, 0.29) is 18.2 Å². The van der Waals surface area contributed by atoms with Crippen LogP contribution in [0, 0.1) is 0 Å². The zero-order valence-electron chi connectivity index (χ0n) is 16.1. The number of rotatable bonds is 1. The molecule has 8 heteroatoms. The third-order valence-electron chi connectivity index (χ3n) is 7.38. The maximum Gasteiger partial charge on any atom is 0.416 e. The van der Waals surface area contributed by atoms with Crippen LogP contribution in [-0.2, 0) is 12.6 Å². The van der Waals surface area contributed by atoms with Crippen LogP contribution in [0.25, 0.3) is 0 Å². The van der Waals surface area contributed by atoms with Crippen molar-refractivity contribution in [2.45, 2.75) is 55.8 Å². The monoisotopic (exact) mass is 395 g/mol. The first-order chi connectivity index (χ1) is 13.3. The van der Waals surface area contributed by atoms with E-state index in [1.807, 2.05) is 0 Å². The number of nitrogens with two attached hydrogens (primary N) is 1. The standard InChI is InChI=1S/C20H28F3N5/c1-26-17-9-25-7-6-16(17)28-11-27(10-18(28)19(26)24)15-5-2-12-8-13(20(21,22)23)3-4-14(12)15/h3-4,8,15-19,25H,2,5-7,9-11,24H2,1H3. The Bertz CT molecular complexity index is 754. The van der Waals surface area contributed by atoms with E-state index >= 15 is 0 Å². The number of halogens is 3. The SMILES string of the molecule is CN1C(N)C2CN(C3CCc4cc(C(F)(F)F)ccc43)CN2C2CCNCC21. The first kappa shape index (κ1) is 18.8. The van der Waals surface area contributed by atoms with Gasteiger partial charge in [-0.15, -0.1) is 0 Å². The fraction of sp³-hybridized carbons (Fsp3) is 0.700. The molecule has 5 unspecified atom stereocenters. The lowest BCUT2D eigenvalue weighted by Gasteiger charge is -2.53. The Hall–Kier alpha value is -1.19. The Morgan fingerprint density at radius 3 is 2.75 bits per heavy atom. The lowest BCUT2D eigenvalue weighted by molar-refractivity contribution is -0.137. The summed E-state index contributed by atoms with van der Waals surface area (Å²) >= 11 is 0. The van der Waals surface area contributed by atoms with Crippen LogP contribution in [0.3, 0.4) is 0 Å². The maximum absolute atomic E-state index is 13.1. The van der Waals surface area contributed by atoms with Crippen LogP contribution in [0.1, 0.15) is 35.6 Å². The second kappa shape index (κ2) is 6.67. The van der Waals surface area contributed by atoms with E-state index in [0.29, 0.717) is 18.5 Å². The van der Waals surface area contributed by atoms with Crippen molar-refractivity contribution in [3.8, 4) is 0 Å². The maximum atomic E-state index is 13.1. The molecule has 4 aliphatic rings. The minimum atomic E-state index is -4.28. The van der Waals surface area contributed by atoms with Gasteiger partial charge in [-0.3, -0.25) is 14.7 Å². The number of aryl methyl sites for hydroxylation is 1. The molecule has 3 aliphatic heterocycles. The summed E-state index contributed by atoms with van der Waals surface area (Å²) in [5.41, 5.74) is 7.98. The van der Waals surface area contributed by atoms with Crippen LogP contribution in [0.2, 0.25) is 0 Å². The Morgan fingerprint density at radius 2 is 1.96 bits per heavy atom. The van der Waals surface area contributed by atoms with Gasteiger partial charge in [-0.1, -0.05) is 6.07 Å². The molecule has 0 bridgehead atoms. The molecule has 0 saturated carbocycles. The first-order valence-electron chi connectivity index (χ1n) is 10.2. The molecule has 5 nitrogen and oxygen atoms in total. The third kappa shape index (κ3) is 2.89. The van der Waals surface area contributed by atoms with Crippen molar-refractivity contribution in [2.24, 2.45) is 5.73 Å². The average molecular weight is 395 g/mol. The van der Waals surface area contributed by atoms with Gasteiger partial charge in [0, 0.05) is 31.2 Å². The van der Waals surface area contributed by atoms with E-state index in [1.165, 1.54) is 12.1 Å². The summed E-state index contributed by atoms with van der Waals surface area (Å²) in [4.78, 5) is 7.33. The average Bonchev–Trinajstić information content (AvgIpc) is 3.29. The molecule has 3 N–H and O–H groups in total. The number of piperazine rings is 1. The minimum Gasteiger partial charge on any atom is -0.315 e. The number of hydrogen-bond acceptors (Lipinski definition) is 5. The molecule has 3 heterocycles. The molecular formula is C20H28F3N5. The summed E-state index contributed by atoms with van der Waals surface area (Å²) in [6.45, 7) is 3.73. The van der Waals surface area contributed by atoms with Gasteiger partial charge in [-0.25, -0.2) is 0 Å². The van der Waals surface area contributed by atoms with E-state index in [2.05, 4.69) is 27.1 Å². The normalized spacial score (nSPS) is 37.0. The molecule has 3 fully saturated rings. The highest BCUT2D eigenvalue weighted by Gasteiger charge is 2.50. The van der Waals surface area contributed by atoms with Gasteiger partial charge >= 0.3 is 6.18 Å². The summed E-state index contributed by atoms with van der Waals surface area (Å²) in [5, 5.41) is 3.48. The van der Waals surface area contributed by atoms with E-state index in [1.54, 1.807) is 6.07 Å². The van der Waals surface area contributed by atoms with Gasteiger partial charge in [0.25, 0.3) is 0 Å². The Labute approximate surface area is 163 Å². The molecule has 5 rings (SSSR count). The van der Waals surface area contributed by atoms with Crippen molar-refractivity contribution >= 4 is 0 Å². The number of hydrogen-bond donors (Lipinski definition) is 2. The minimum absolute atomic E-state index is 0.0142. The Balaban J connectivity index is 1.39. The number of nitrogens with zero attached hydrogens (tertiary/aromatic N) is 3. The van der Waals surface area contributed by atoms with Gasteiger partial charge in [0.1, 0.15) is 0 Å². The third-order valence-corrected chi connectivity index (χ3v) is 7.38. The lowest BCUT2D eigenvalue weighted by atomic mass is 9.92. The predicted octanol–water partition coefficient (Wildman–Crippen LogP) is 1.60. The zero-order chi connectivity index (χ0) is 19.6. The van der Waals surface area contributed by atoms with Crippen LogP contribution in [0.5, 0.6) is 0 Å². The van der Waals surface area contributed by atoms with Gasteiger partial charge in [0.05, 0.1) is 24.4 Å². The summed E-state index contributed by atoms with van der Waals surface area (Å²) in [5.74, 6) is 0. The van der Waals surface area contributed by atoms with E-state index < -0.39 is 11.7 Å². The van der Waals surface area contributed by atoms with Crippen molar-refractivity contribution in [2.75, 3.05) is 33.4 Å². The van der Waals surface area contributed by atoms with Gasteiger partial charge in [0.2, 0.25) is 0 Å². The summed E-state index contributed by atoms with van der Waals surface area (Å²) in [7, 11) is 2.12. The molecule has 0 amide bonds. The molecule has 154 valence electrons. The smallest absolute Gasteiger partial charge is 0.315 e. The number of likely N-dealkylation sites (N-methyl/N-ethyl adjacent to an activating group) is 1. The van der Waals surface area contributed by atoms with Crippen molar-refractivity contribution in [3.63, 3.8) is 0 Å². The first-order valence-corrected chi connectivity index (χ1v) is 10.2. The van der Waals surface area contributed by atoms with Gasteiger partial charge in [0.15, 0.2) is 0 Å². The summed E-state index contributed by atoms with van der Waals surface area (Å²) in [6.07, 6.45) is -1.57. The number of piperidine rings is 1. The fourth-order valence-electron chi connectivity index (χ4n) is 5.87. The molecule has 0 spiro atoms. The van der Waals surface area contributed by atoms with Crippen LogP contribution in [0.15, 0.2) is 18.2 Å². The highest BCUT2D eigenvalue weighted by Crippen LogP contribution is 2.42. The molecule has 5 atom stereocenters. The van der Waals surface area contributed by atoms with Crippen LogP contribution in [-0.4, -0.2) is 72.3 Å².